The third-order valence-electron chi connectivity index (χ3n) is 16.7. The first-order valence-corrected chi connectivity index (χ1v) is 28.8. The summed E-state index contributed by atoms with van der Waals surface area (Å²) in [4.78, 5) is 5.08. The van der Waals surface area contributed by atoms with Gasteiger partial charge in [0.15, 0.2) is 0 Å². The fraction of sp³-hybridized carbons (Fsp3) is 0.304. The maximum absolute atomic E-state index is 3.77. The van der Waals surface area contributed by atoms with Crippen molar-refractivity contribution in [2.75, 3.05) is 9.80 Å². The lowest BCUT2D eigenvalue weighted by atomic mass is 9.70. The molecule has 0 spiro atoms. The van der Waals surface area contributed by atoms with E-state index in [1.54, 1.807) is 22.3 Å². The van der Waals surface area contributed by atoms with Crippen molar-refractivity contribution in [3.05, 3.63) is 232 Å². The third-order valence-corrected chi connectivity index (χ3v) is 17.8. The van der Waals surface area contributed by atoms with E-state index in [9.17, 15) is 0 Å². The molecule has 0 atom stereocenters. The van der Waals surface area contributed by atoms with Gasteiger partial charge in [-0.2, -0.15) is 0 Å². The van der Waals surface area contributed by atoms with Crippen molar-refractivity contribution in [1.29, 1.82) is 0 Å². The van der Waals surface area contributed by atoms with Crippen molar-refractivity contribution in [2.24, 2.45) is 0 Å². The number of halogens is 2. The van der Waals surface area contributed by atoms with Crippen LogP contribution in [0.5, 0.6) is 0 Å². The number of nitrogens with zero attached hydrogens (tertiary/aromatic N) is 2. The number of fused-ring (bicyclic) bond motifs is 5. The SMILES string of the molecule is Cc1cc(C)c(N(c2ccc(Br)cc2)c2ccc3c(c2)C(CCCCCc2ccc4c(c2)CC4)(CCCCCc2ccc4c(c2)CC4)c2cc(N(c4ccc(Br)cc4)c4c(C)cc(C)cc4C)ccc2-3)c(C)c1. The van der Waals surface area contributed by atoms with Gasteiger partial charge >= 0.3 is 0 Å². The zero-order valence-corrected chi connectivity index (χ0v) is 47.1. The Morgan fingerprint density at radius 3 is 1.10 bits per heavy atom. The molecular formula is C69H70Br2N2. The Kier molecular flexibility index (Phi) is 14.2. The Morgan fingerprint density at radius 1 is 0.370 bits per heavy atom. The van der Waals surface area contributed by atoms with Gasteiger partial charge < -0.3 is 9.80 Å². The van der Waals surface area contributed by atoms with Gasteiger partial charge in [-0.25, -0.2) is 0 Å². The standard InChI is InChI=1S/C69H70Br2N2/c1-45-37-47(3)67(48(4)38-45)72(59-27-23-57(70)24-28-59)61-31-33-63-64-34-32-62(73(60-29-25-58(71)26-30-60)68-49(5)39-46(2)40-50(68)6)44-66(64)69(65(63)43-61,35-11-7-9-13-51-15-17-53-19-21-55(53)41-51)36-12-8-10-14-52-16-18-54-20-22-56(54)42-52/h15-18,23-34,37-44H,7-14,19-22,35-36H2,1-6H3. The maximum atomic E-state index is 3.77. The van der Waals surface area contributed by atoms with E-state index in [0.29, 0.717) is 0 Å². The monoisotopic (exact) mass is 1080 g/mol. The predicted molar refractivity (Wildman–Crippen MR) is 318 cm³/mol. The average molecular weight is 1090 g/mol. The van der Waals surface area contributed by atoms with Gasteiger partial charge in [0.2, 0.25) is 0 Å². The highest BCUT2D eigenvalue weighted by molar-refractivity contribution is 9.10. The molecule has 2 nitrogen and oxygen atoms in total. The van der Waals surface area contributed by atoms with Crippen LogP contribution in [0.4, 0.5) is 34.1 Å². The van der Waals surface area contributed by atoms with Crippen molar-refractivity contribution in [3.63, 3.8) is 0 Å². The molecule has 0 saturated carbocycles. The second kappa shape index (κ2) is 20.9. The molecule has 0 saturated heterocycles. The van der Waals surface area contributed by atoms with E-state index in [2.05, 4.69) is 229 Å². The first-order chi connectivity index (χ1) is 35.4. The minimum Gasteiger partial charge on any atom is -0.310 e. The molecule has 0 unspecified atom stereocenters. The summed E-state index contributed by atoms with van der Waals surface area (Å²) in [5.41, 5.74) is 29.9. The Morgan fingerprint density at radius 2 is 0.740 bits per heavy atom. The number of anilines is 6. The van der Waals surface area contributed by atoms with Crippen molar-refractivity contribution in [2.45, 2.75) is 137 Å². The zero-order chi connectivity index (χ0) is 50.4. The molecule has 0 heterocycles. The number of benzene rings is 8. The molecule has 0 fully saturated rings. The van der Waals surface area contributed by atoms with E-state index < -0.39 is 0 Å². The van der Waals surface area contributed by atoms with Crippen LogP contribution in [0.15, 0.2) is 155 Å². The highest BCUT2D eigenvalue weighted by Gasteiger charge is 2.43. The van der Waals surface area contributed by atoms with Crippen LogP contribution in [0.3, 0.4) is 0 Å². The number of unbranched alkanes of at least 4 members (excludes halogenated alkanes) is 4. The summed E-state index contributed by atoms with van der Waals surface area (Å²) in [5, 5.41) is 0. The first-order valence-electron chi connectivity index (χ1n) is 27.2. The quantitative estimate of drug-likeness (QED) is 0.0790. The van der Waals surface area contributed by atoms with E-state index in [1.165, 1.54) is 165 Å². The van der Waals surface area contributed by atoms with Crippen molar-refractivity contribution >= 4 is 66.0 Å². The number of aryl methyl sites for hydroxylation is 12. The van der Waals surface area contributed by atoms with Crippen LogP contribution in [0.1, 0.15) is 129 Å². The fourth-order valence-electron chi connectivity index (χ4n) is 13.1. The molecular weight excluding hydrogens is 1020 g/mol. The largest absolute Gasteiger partial charge is 0.310 e. The lowest BCUT2D eigenvalue weighted by molar-refractivity contribution is 0.402. The second-order valence-electron chi connectivity index (χ2n) is 22.0. The molecule has 0 aliphatic heterocycles. The summed E-state index contributed by atoms with van der Waals surface area (Å²) in [7, 11) is 0. The first kappa shape index (κ1) is 49.5. The molecule has 0 radical (unpaired) electrons. The number of rotatable bonds is 18. The summed E-state index contributed by atoms with van der Waals surface area (Å²) < 4.78 is 2.17. The van der Waals surface area contributed by atoms with Gasteiger partial charge in [-0.05, 0) is 256 Å². The smallest absolute Gasteiger partial charge is 0.0520 e. The van der Waals surface area contributed by atoms with Gasteiger partial charge in [0, 0.05) is 37.1 Å². The Hall–Kier alpha value is -5.68. The molecule has 11 rings (SSSR count). The summed E-state index contributed by atoms with van der Waals surface area (Å²) in [6.07, 6.45) is 16.7. The normalized spacial score (nSPS) is 13.6. The van der Waals surface area contributed by atoms with E-state index in [-0.39, 0.29) is 5.41 Å². The van der Waals surface area contributed by atoms with Crippen LogP contribution < -0.4 is 9.80 Å². The lowest BCUT2D eigenvalue weighted by Crippen LogP contribution is -2.26. The molecule has 73 heavy (non-hydrogen) atoms. The van der Waals surface area contributed by atoms with Crippen LogP contribution in [0, 0.1) is 41.5 Å². The van der Waals surface area contributed by atoms with Crippen LogP contribution in [0.25, 0.3) is 11.1 Å². The van der Waals surface area contributed by atoms with Gasteiger partial charge in [-0.1, -0.05) is 141 Å². The van der Waals surface area contributed by atoms with Gasteiger partial charge in [-0.3, -0.25) is 0 Å². The molecule has 0 bridgehead atoms. The summed E-state index contributed by atoms with van der Waals surface area (Å²) >= 11 is 7.53. The minimum atomic E-state index is -0.187. The molecule has 8 aromatic carbocycles. The number of hydrogen-bond acceptors (Lipinski definition) is 2. The molecule has 0 N–H and O–H groups in total. The molecule has 8 aromatic rings. The zero-order valence-electron chi connectivity index (χ0n) is 43.9. The van der Waals surface area contributed by atoms with E-state index in [0.717, 1.165) is 34.6 Å². The van der Waals surface area contributed by atoms with Gasteiger partial charge in [0.05, 0.1) is 11.4 Å². The highest BCUT2D eigenvalue weighted by atomic mass is 79.9. The predicted octanol–water partition coefficient (Wildman–Crippen LogP) is 20.1. The van der Waals surface area contributed by atoms with Gasteiger partial charge in [0.25, 0.3) is 0 Å². The lowest BCUT2D eigenvalue weighted by Gasteiger charge is -2.36. The van der Waals surface area contributed by atoms with Crippen LogP contribution in [-0.4, -0.2) is 0 Å². The van der Waals surface area contributed by atoms with Crippen molar-refractivity contribution in [3.8, 4) is 11.1 Å². The van der Waals surface area contributed by atoms with Crippen LogP contribution >= 0.6 is 31.9 Å². The molecule has 4 heteroatoms. The second-order valence-corrected chi connectivity index (χ2v) is 23.8. The van der Waals surface area contributed by atoms with E-state index in [4.69, 9.17) is 0 Å². The summed E-state index contributed by atoms with van der Waals surface area (Å²) in [6.45, 7) is 13.6. The summed E-state index contributed by atoms with van der Waals surface area (Å²) in [6, 6.07) is 56.8. The fourth-order valence-corrected chi connectivity index (χ4v) is 13.7. The van der Waals surface area contributed by atoms with Gasteiger partial charge in [-0.15, -0.1) is 0 Å². The molecule has 370 valence electrons. The average Bonchev–Trinajstić information content (AvgIpc) is 3.61. The highest BCUT2D eigenvalue weighted by Crippen LogP contribution is 2.57. The topological polar surface area (TPSA) is 6.48 Å². The summed E-state index contributed by atoms with van der Waals surface area (Å²) in [5.74, 6) is 0. The Balaban J connectivity index is 1.04. The minimum absolute atomic E-state index is 0.187. The van der Waals surface area contributed by atoms with E-state index >= 15 is 0 Å². The van der Waals surface area contributed by atoms with Crippen molar-refractivity contribution < 1.29 is 0 Å². The maximum Gasteiger partial charge on any atom is 0.0520 e. The van der Waals surface area contributed by atoms with Crippen LogP contribution in [0.2, 0.25) is 0 Å². The molecule has 0 amide bonds. The molecule has 0 aromatic heterocycles. The Labute approximate surface area is 453 Å². The van der Waals surface area contributed by atoms with Gasteiger partial charge in [0.1, 0.15) is 0 Å². The number of hydrogen-bond donors (Lipinski definition) is 0. The Bertz CT molecular complexity index is 3070. The van der Waals surface area contributed by atoms with E-state index in [1.807, 2.05) is 0 Å². The molecule has 3 aliphatic rings. The molecule has 3 aliphatic carbocycles. The third kappa shape index (κ3) is 9.92. The van der Waals surface area contributed by atoms with Crippen molar-refractivity contribution in [1.82, 2.24) is 0 Å². The van der Waals surface area contributed by atoms with Crippen LogP contribution in [-0.2, 0) is 43.9 Å².